The number of benzene rings is 2. The fourth-order valence-corrected chi connectivity index (χ4v) is 2.48. The van der Waals surface area contributed by atoms with Gasteiger partial charge in [0.05, 0.1) is 0 Å². The average molecular weight is 247 g/mol. The quantitative estimate of drug-likeness (QED) is 0.651. The van der Waals surface area contributed by atoms with Gasteiger partial charge in [0.25, 0.3) is 0 Å². The van der Waals surface area contributed by atoms with Gasteiger partial charge in [0.2, 0.25) is 0 Å². The molecule has 0 aliphatic heterocycles. The Balaban J connectivity index is 2.18. The maximum absolute atomic E-state index is 12.4. The van der Waals surface area contributed by atoms with Crippen LogP contribution >= 0.6 is 0 Å². The Labute approximate surface area is 112 Å². The summed E-state index contributed by atoms with van der Waals surface area (Å²) >= 11 is 0. The van der Waals surface area contributed by atoms with Crippen molar-refractivity contribution in [2.75, 3.05) is 0 Å². The molecule has 0 N–H and O–H groups in total. The monoisotopic (exact) mass is 247 g/mol. The third-order valence-corrected chi connectivity index (χ3v) is 3.39. The minimum atomic E-state index is -0.0618. The molecule has 0 fully saturated rings. The smallest absolute Gasteiger partial charge is 0.194 e. The highest BCUT2D eigenvalue weighted by Gasteiger charge is 2.29. The van der Waals surface area contributed by atoms with Gasteiger partial charge < -0.3 is 0 Å². The average Bonchev–Trinajstić information content (AvgIpc) is 2.45. The fourth-order valence-electron chi connectivity index (χ4n) is 2.48. The molecule has 0 unspecified atom stereocenters. The van der Waals surface area contributed by atoms with E-state index in [-0.39, 0.29) is 11.6 Å². The number of carbonyl (C=O) groups excluding carboxylic acids is 2. The molecule has 0 amide bonds. The van der Waals surface area contributed by atoms with E-state index >= 15 is 0 Å². The number of hydrogen-bond acceptors (Lipinski definition) is 2. The van der Waals surface area contributed by atoms with E-state index in [1.807, 2.05) is 26.3 Å². The van der Waals surface area contributed by atoms with Gasteiger partial charge in [-0.1, -0.05) is 61.2 Å². The van der Waals surface area contributed by atoms with Crippen LogP contribution < -0.4 is 5.46 Å². The van der Waals surface area contributed by atoms with Gasteiger partial charge in [0.15, 0.2) is 18.8 Å². The summed E-state index contributed by atoms with van der Waals surface area (Å²) in [4.78, 5) is 24.8. The molecule has 0 atom stereocenters. The van der Waals surface area contributed by atoms with Crippen LogP contribution in [-0.2, 0) is 0 Å². The van der Waals surface area contributed by atoms with Crippen molar-refractivity contribution in [1.29, 1.82) is 0 Å². The van der Waals surface area contributed by atoms with Gasteiger partial charge in [-0.15, -0.1) is 0 Å². The Morgan fingerprint density at radius 2 is 1.42 bits per heavy atom. The Kier molecular flexibility index (Phi) is 2.82. The number of ketones is 2. The highest BCUT2D eigenvalue weighted by Crippen LogP contribution is 2.26. The van der Waals surface area contributed by atoms with Gasteiger partial charge in [-0.3, -0.25) is 9.59 Å². The van der Waals surface area contributed by atoms with Crippen LogP contribution in [-0.4, -0.2) is 18.8 Å². The Bertz CT molecular complexity index is 689. The van der Waals surface area contributed by atoms with Gasteiger partial charge in [-0.2, -0.15) is 0 Å². The predicted molar refractivity (Wildman–Crippen MR) is 75.6 cm³/mol. The topological polar surface area (TPSA) is 34.1 Å². The molecular formula is C16H12BO2. The summed E-state index contributed by atoms with van der Waals surface area (Å²) in [5.41, 5.74) is 3.03. The second-order valence-electron chi connectivity index (χ2n) is 4.62. The fraction of sp³-hybridized carbons (Fsp3) is 0.125. The number of rotatable bonds is 2. The maximum Gasteiger partial charge on any atom is 0.194 e. The minimum absolute atomic E-state index is 0.0587. The van der Waals surface area contributed by atoms with E-state index in [0.717, 1.165) is 11.8 Å². The molecule has 1 radical (unpaired) electrons. The van der Waals surface area contributed by atoms with E-state index in [9.17, 15) is 9.59 Å². The first kappa shape index (κ1) is 11.9. The molecule has 0 saturated heterocycles. The van der Waals surface area contributed by atoms with Gasteiger partial charge in [0.1, 0.15) is 0 Å². The first-order valence-electron chi connectivity index (χ1n) is 6.38. The maximum atomic E-state index is 12.4. The molecule has 0 bridgehead atoms. The normalized spacial score (nSPS) is 12.9. The lowest BCUT2D eigenvalue weighted by Crippen LogP contribution is -2.24. The van der Waals surface area contributed by atoms with Crippen molar-refractivity contribution in [2.45, 2.75) is 13.2 Å². The van der Waals surface area contributed by atoms with E-state index in [0.29, 0.717) is 22.3 Å². The van der Waals surface area contributed by atoms with Crippen LogP contribution in [0, 0.1) is 0 Å². The minimum Gasteiger partial charge on any atom is -0.289 e. The zero-order valence-electron chi connectivity index (χ0n) is 10.6. The molecule has 19 heavy (non-hydrogen) atoms. The summed E-state index contributed by atoms with van der Waals surface area (Å²) < 4.78 is 0. The molecule has 0 aromatic heterocycles. The summed E-state index contributed by atoms with van der Waals surface area (Å²) in [6.07, 6.45) is 0.900. The number of hydrogen-bond donors (Lipinski definition) is 0. The largest absolute Gasteiger partial charge is 0.289 e. The summed E-state index contributed by atoms with van der Waals surface area (Å²) in [6, 6.07) is 12.5. The van der Waals surface area contributed by atoms with Crippen LogP contribution in [0.25, 0.3) is 0 Å². The standard InChI is InChI=1S/C16H12BO2/c1-2-17-10-7-8-13-14(9-10)16(19)12-6-4-3-5-11(12)15(13)18/h3-9H,2H2,1H3. The van der Waals surface area contributed by atoms with Gasteiger partial charge >= 0.3 is 0 Å². The van der Waals surface area contributed by atoms with Crippen LogP contribution in [0.1, 0.15) is 38.8 Å². The molecule has 0 heterocycles. The highest BCUT2D eigenvalue weighted by molar-refractivity contribution is 6.53. The van der Waals surface area contributed by atoms with E-state index in [2.05, 4.69) is 0 Å². The van der Waals surface area contributed by atoms with E-state index in [4.69, 9.17) is 0 Å². The lowest BCUT2D eigenvalue weighted by molar-refractivity contribution is 0.0979. The summed E-state index contributed by atoms with van der Waals surface area (Å²) in [5, 5.41) is 0. The van der Waals surface area contributed by atoms with Gasteiger partial charge in [-0.05, 0) is 0 Å². The zero-order chi connectivity index (χ0) is 13.4. The Morgan fingerprint density at radius 3 is 2.05 bits per heavy atom. The van der Waals surface area contributed by atoms with Crippen molar-refractivity contribution in [2.24, 2.45) is 0 Å². The molecule has 0 saturated carbocycles. The van der Waals surface area contributed by atoms with Crippen molar-refractivity contribution in [3.05, 3.63) is 64.7 Å². The van der Waals surface area contributed by atoms with Crippen molar-refractivity contribution >= 4 is 24.3 Å². The molecular weight excluding hydrogens is 235 g/mol. The van der Waals surface area contributed by atoms with Crippen molar-refractivity contribution in [3.8, 4) is 0 Å². The number of fused-ring (bicyclic) bond motifs is 2. The third-order valence-electron chi connectivity index (χ3n) is 3.39. The lowest BCUT2D eigenvalue weighted by Gasteiger charge is -2.17. The molecule has 91 valence electrons. The Hall–Kier alpha value is -2.16. The van der Waals surface area contributed by atoms with Crippen LogP contribution in [0.3, 0.4) is 0 Å². The van der Waals surface area contributed by atoms with Crippen molar-refractivity contribution in [3.63, 3.8) is 0 Å². The molecule has 0 spiro atoms. The highest BCUT2D eigenvalue weighted by atomic mass is 16.1. The first-order valence-corrected chi connectivity index (χ1v) is 6.38. The second kappa shape index (κ2) is 4.50. The molecule has 2 aromatic rings. The van der Waals surface area contributed by atoms with Crippen molar-refractivity contribution in [1.82, 2.24) is 0 Å². The molecule has 2 nitrogen and oxygen atoms in total. The number of carbonyl (C=O) groups is 2. The SMILES string of the molecule is CC[B]c1ccc2c(c1)C(=O)c1ccccc1C2=O. The molecule has 3 rings (SSSR count). The molecule has 2 aromatic carbocycles. The first-order chi connectivity index (χ1) is 9.22. The van der Waals surface area contributed by atoms with Gasteiger partial charge in [-0.25, -0.2) is 0 Å². The molecule has 1 aliphatic carbocycles. The lowest BCUT2D eigenvalue weighted by atomic mass is 9.66. The molecule has 1 aliphatic rings. The van der Waals surface area contributed by atoms with Crippen LogP contribution in [0.15, 0.2) is 42.5 Å². The van der Waals surface area contributed by atoms with Crippen molar-refractivity contribution < 1.29 is 9.59 Å². The zero-order valence-corrected chi connectivity index (χ0v) is 10.6. The summed E-state index contributed by atoms with van der Waals surface area (Å²) in [7, 11) is 2.04. The van der Waals surface area contributed by atoms with E-state index in [1.54, 1.807) is 30.3 Å². The molecule has 3 heteroatoms. The van der Waals surface area contributed by atoms with Crippen LogP contribution in [0.2, 0.25) is 6.32 Å². The Morgan fingerprint density at radius 1 is 0.842 bits per heavy atom. The summed E-state index contributed by atoms with van der Waals surface area (Å²) in [5.74, 6) is -0.121. The third kappa shape index (κ3) is 1.82. The van der Waals surface area contributed by atoms with Crippen LogP contribution in [0.5, 0.6) is 0 Å². The van der Waals surface area contributed by atoms with Gasteiger partial charge in [0, 0.05) is 22.3 Å². The van der Waals surface area contributed by atoms with E-state index in [1.165, 1.54) is 0 Å². The van der Waals surface area contributed by atoms with E-state index < -0.39 is 0 Å². The second-order valence-corrected chi connectivity index (χ2v) is 4.62. The summed E-state index contributed by atoms with van der Waals surface area (Å²) in [6.45, 7) is 2.04. The predicted octanol–water partition coefficient (Wildman–Crippen LogP) is 2.23. The van der Waals surface area contributed by atoms with Crippen LogP contribution in [0.4, 0.5) is 0 Å².